The number of carboxylic acid groups (broad SMARTS) is 1. The predicted molar refractivity (Wildman–Crippen MR) is 75.1 cm³/mol. The molecule has 0 atom stereocenters. The van der Waals surface area contributed by atoms with Gasteiger partial charge in [-0.3, -0.25) is 4.79 Å². The molecule has 0 spiro atoms. The van der Waals surface area contributed by atoms with Crippen molar-refractivity contribution in [1.29, 1.82) is 0 Å². The molecule has 0 radical (unpaired) electrons. The summed E-state index contributed by atoms with van der Waals surface area (Å²) in [7, 11) is 0. The van der Waals surface area contributed by atoms with E-state index >= 15 is 0 Å². The number of amides is 1. The lowest BCUT2D eigenvalue weighted by molar-refractivity contribution is -0.117. The first-order chi connectivity index (χ1) is 9.49. The van der Waals surface area contributed by atoms with Crippen molar-refractivity contribution in [2.45, 2.75) is 20.3 Å². The highest BCUT2D eigenvalue weighted by atomic mass is 16.5. The Morgan fingerprint density at radius 3 is 2.85 bits per heavy atom. The van der Waals surface area contributed by atoms with E-state index in [1.807, 2.05) is 0 Å². The van der Waals surface area contributed by atoms with Crippen LogP contribution in [0.25, 0.3) is 0 Å². The summed E-state index contributed by atoms with van der Waals surface area (Å²) in [4.78, 5) is 24.6. The Labute approximate surface area is 118 Å². The van der Waals surface area contributed by atoms with Crippen molar-refractivity contribution in [1.82, 2.24) is 0 Å². The summed E-state index contributed by atoms with van der Waals surface area (Å²) >= 11 is 0. The first-order valence-corrected chi connectivity index (χ1v) is 6.73. The molecule has 0 fully saturated rings. The zero-order valence-electron chi connectivity index (χ0n) is 11.8. The summed E-state index contributed by atoms with van der Waals surface area (Å²) in [5.74, 6) is -0.510. The van der Waals surface area contributed by atoms with Crippen LogP contribution < -0.4 is 4.90 Å². The fourth-order valence-electron chi connectivity index (χ4n) is 2.24. The number of hydrogen-bond acceptors (Lipinski definition) is 3. The van der Waals surface area contributed by atoms with Crippen LogP contribution in [0, 0.1) is 5.92 Å². The lowest BCUT2D eigenvalue weighted by Crippen LogP contribution is -2.30. The smallest absolute Gasteiger partial charge is 0.335 e. The highest BCUT2D eigenvalue weighted by Gasteiger charge is 2.27. The molecule has 0 aliphatic carbocycles. The fourth-order valence-corrected chi connectivity index (χ4v) is 2.24. The van der Waals surface area contributed by atoms with E-state index in [-0.39, 0.29) is 17.9 Å². The number of fused-ring (bicyclic) bond motifs is 1. The summed E-state index contributed by atoms with van der Waals surface area (Å²) < 4.78 is 5.49. The molecule has 1 heterocycles. The van der Waals surface area contributed by atoms with E-state index in [0.29, 0.717) is 25.7 Å². The summed E-state index contributed by atoms with van der Waals surface area (Å²) in [5.41, 5.74) is 1.79. The van der Waals surface area contributed by atoms with Gasteiger partial charge in [-0.1, -0.05) is 13.8 Å². The van der Waals surface area contributed by atoms with E-state index in [1.54, 1.807) is 17.0 Å². The molecule has 5 nitrogen and oxygen atoms in total. The number of anilines is 1. The molecule has 0 aromatic heterocycles. The molecule has 1 aromatic carbocycles. The second kappa shape index (κ2) is 6.05. The van der Waals surface area contributed by atoms with E-state index in [2.05, 4.69) is 13.8 Å². The van der Waals surface area contributed by atoms with Crippen LogP contribution in [-0.2, 0) is 16.0 Å². The molecule has 1 N–H and O–H groups in total. The van der Waals surface area contributed by atoms with Gasteiger partial charge in [0, 0.05) is 18.8 Å². The minimum Gasteiger partial charge on any atom is -0.478 e. The molecule has 0 unspecified atom stereocenters. The van der Waals surface area contributed by atoms with Crippen LogP contribution in [0.4, 0.5) is 5.69 Å². The van der Waals surface area contributed by atoms with Crippen molar-refractivity contribution >= 4 is 17.6 Å². The van der Waals surface area contributed by atoms with Crippen molar-refractivity contribution in [2.75, 3.05) is 24.7 Å². The molecule has 2 rings (SSSR count). The standard InChI is InChI=1S/C15H19NO4/c1-10(2)9-20-6-5-16-13-4-3-11(15(18)19)7-12(13)8-14(16)17/h3-4,7,10H,5-6,8-9H2,1-2H3,(H,18,19). The van der Waals surface area contributed by atoms with Gasteiger partial charge in [-0.15, -0.1) is 0 Å². The first kappa shape index (κ1) is 14.5. The predicted octanol–water partition coefficient (Wildman–Crippen LogP) is 1.95. The van der Waals surface area contributed by atoms with Crippen molar-refractivity contribution in [3.05, 3.63) is 29.3 Å². The zero-order chi connectivity index (χ0) is 14.7. The topological polar surface area (TPSA) is 66.8 Å². The maximum atomic E-state index is 12.0. The minimum absolute atomic E-state index is 0.00399. The molecule has 1 aromatic rings. The monoisotopic (exact) mass is 277 g/mol. The molecule has 20 heavy (non-hydrogen) atoms. The number of hydrogen-bond donors (Lipinski definition) is 1. The Hall–Kier alpha value is -1.88. The molecular weight excluding hydrogens is 258 g/mol. The van der Waals surface area contributed by atoms with Crippen LogP contribution in [0.2, 0.25) is 0 Å². The summed E-state index contributed by atoms with van der Waals surface area (Å²) in [6, 6.07) is 4.80. The van der Waals surface area contributed by atoms with Crippen LogP contribution in [0.3, 0.4) is 0 Å². The number of ether oxygens (including phenoxy) is 1. The zero-order valence-corrected chi connectivity index (χ0v) is 11.8. The second-order valence-corrected chi connectivity index (χ2v) is 5.34. The van der Waals surface area contributed by atoms with Gasteiger partial charge in [-0.2, -0.15) is 0 Å². The van der Waals surface area contributed by atoms with Gasteiger partial charge in [0.05, 0.1) is 18.6 Å². The molecule has 0 bridgehead atoms. The van der Waals surface area contributed by atoms with E-state index in [0.717, 1.165) is 11.3 Å². The maximum Gasteiger partial charge on any atom is 0.335 e. The average Bonchev–Trinajstić information content (AvgIpc) is 2.69. The highest BCUT2D eigenvalue weighted by molar-refractivity contribution is 6.02. The number of carboxylic acids is 1. The summed E-state index contributed by atoms with van der Waals surface area (Å²) in [6.45, 7) is 5.81. The van der Waals surface area contributed by atoms with Gasteiger partial charge in [0.1, 0.15) is 0 Å². The number of rotatable bonds is 6. The van der Waals surface area contributed by atoms with Crippen LogP contribution in [0.15, 0.2) is 18.2 Å². The van der Waals surface area contributed by atoms with Gasteiger partial charge in [-0.05, 0) is 29.7 Å². The lowest BCUT2D eigenvalue weighted by Gasteiger charge is -2.18. The average molecular weight is 277 g/mol. The number of aromatic carboxylic acids is 1. The van der Waals surface area contributed by atoms with Gasteiger partial charge < -0.3 is 14.7 Å². The van der Waals surface area contributed by atoms with Crippen LogP contribution in [0.5, 0.6) is 0 Å². The molecule has 5 heteroatoms. The van der Waals surface area contributed by atoms with Crippen molar-refractivity contribution in [3.8, 4) is 0 Å². The lowest BCUT2D eigenvalue weighted by atomic mass is 10.1. The van der Waals surface area contributed by atoms with E-state index in [1.165, 1.54) is 6.07 Å². The maximum absolute atomic E-state index is 12.0. The summed E-state index contributed by atoms with van der Waals surface area (Å²) in [6.07, 6.45) is 0.265. The Morgan fingerprint density at radius 1 is 1.45 bits per heavy atom. The van der Waals surface area contributed by atoms with Crippen molar-refractivity contribution in [3.63, 3.8) is 0 Å². The van der Waals surface area contributed by atoms with E-state index in [9.17, 15) is 9.59 Å². The quantitative estimate of drug-likeness (QED) is 0.807. The molecule has 108 valence electrons. The normalized spacial score (nSPS) is 13.9. The number of carbonyl (C=O) groups is 2. The molecular formula is C15H19NO4. The van der Waals surface area contributed by atoms with Gasteiger partial charge >= 0.3 is 5.97 Å². The Balaban J connectivity index is 2.03. The van der Waals surface area contributed by atoms with E-state index in [4.69, 9.17) is 9.84 Å². The van der Waals surface area contributed by atoms with Gasteiger partial charge in [0.15, 0.2) is 0 Å². The third-order valence-corrected chi connectivity index (χ3v) is 3.17. The number of nitrogens with zero attached hydrogens (tertiary/aromatic N) is 1. The largest absolute Gasteiger partial charge is 0.478 e. The third kappa shape index (κ3) is 3.17. The Bertz CT molecular complexity index is 525. The number of benzene rings is 1. The fraction of sp³-hybridized carbons (Fsp3) is 0.467. The molecule has 1 aliphatic rings. The third-order valence-electron chi connectivity index (χ3n) is 3.17. The summed E-state index contributed by atoms with van der Waals surface area (Å²) in [5, 5.41) is 8.95. The Kier molecular flexibility index (Phi) is 4.39. The van der Waals surface area contributed by atoms with Crippen LogP contribution >= 0.6 is 0 Å². The molecule has 1 aliphatic heterocycles. The van der Waals surface area contributed by atoms with Gasteiger partial charge in [0.25, 0.3) is 0 Å². The molecule has 1 amide bonds. The van der Waals surface area contributed by atoms with Crippen molar-refractivity contribution < 1.29 is 19.4 Å². The molecule has 0 saturated heterocycles. The second-order valence-electron chi connectivity index (χ2n) is 5.34. The SMILES string of the molecule is CC(C)COCCN1C(=O)Cc2cc(C(=O)O)ccc21. The highest BCUT2D eigenvalue weighted by Crippen LogP contribution is 2.29. The van der Waals surface area contributed by atoms with Gasteiger partial charge in [-0.25, -0.2) is 4.79 Å². The van der Waals surface area contributed by atoms with E-state index < -0.39 is 5.97 Å². The first-order valence-electron chi connectivity index (χ1n) is 6.73. The van der Waals surface area contributed by atoms with Gasteiger partial charge in [0.2, 0.25) is 5.91 Å². The Morgan fingerprint density at radius 2 is 2.20 bits per heavy atom. The molecule has 0 saturated carbocycles. The van der Waals surface area contributed by atoms with Crippen molar-refractivity contribution in [2.24, 2.45) is 5.92 Å². The minimum atomic E-state index is -0.973. The van der Waals surface area contributed by atoms with Crippen LogP contribution in [-0.4, -0.2) is 36.7 Å². The van der Waals surface area contributed by atoms with Crippen LogP contribution in [0.1, 0.15) is 29.8 Å². The number of carbonyl (C=O) groups excluding carboxylic acids is 1.